The number of amides is 1. The number of ether oxygens (including phenoxy) is 1. The molecule has 0 aliphatic heterocycles. The Balaban J connectivity index is 1.38. The smallest absolute Gasteiger partial charge is 0.343 e. The van der Waals surface area contributed by atoms with Gasteiger partial charge in [-0.15, -0.1) is 0 Å². The minimum Gasteiger partial charge on any atom is -0.423 e. The first kappa shape index (κ1) is 23.7. The van der Waals surface area contributed by atoms with Crippen LogP contribution in [0.2, 0.25) is 5.02 Å². The molecule has 176 valence electrons. The summed E-state index contributed by atoms with van der Waals surface area (Å²) in [6.07, 6.45) is 0. The van der Waals surface area contributed by atoms with Crippen LogP contribution < -0.4 is 10.1 Å². The van der Waals surface area contributed by atoms with E-state index in [-0.39, 0.29) is 22.9 Å². The summed E-state index contributed by atoms with van der Waals surface area (Å²) in [5.41, 5.74) is 3.40. The van der Waals surface area contributed by atoms with Crippen LogP contribution in [0.15, 0.2) is 72.8 Å². The van der Waals surface area contributed by atoms with Gasteiger partial charge in [-0.1, -0.05) is 11.6 Å². The quantitative estimate of drug-likeness (QED) is 0.164. The fourth-order valence-corrected chi connectivity index (χ4v) is 3.44. The number of nitrogens with one attached hydrogen (secondary N) is 1. The molecule has 0 aliphatic carbocycles. The van der Waals surface area contributed by atoms with Gasteiger partial charge in [0, 0.05) is 23.4 Å². The highest BCUT2D eigenvalue weighted by atomic mass is 35.5. The molecule has 9 nitrogen and oxygen atoms in total. The lowest BCUT2D eigenvalue weighted by atomic mass is 10.2. The lowest BCUT2D eigenvalue weighted by Gasteiger charge is -2.09. The third kappa shape index (κ3) is 5.20. The summed E-state index contributed by atoms with van der Waals surface area (Å²) in [6.45, 7) is 3.72. The van der Waals surface area contributed by atoms with Crippen molar-refractivity contribution in [3.8, 4) is 11.4 Å². The van der Waals surface area contributed by atoms with Crippen LogP contribution >= 0.6 is 11.6 Å². The number of nitrogens with zero attached hydrogens (tertiary/aromatic N) is 3. The molecule has 0 unspecified atom stereocenters. The Morgan fingerprint density at radius 1 is 0.943 bits per heavy atom. The Hall–Kier alpha value is -4.50. The zero-order valence-electron chi connectivity index (χ0n) is 18.7. The number of non-ortho nitro benzene ring substituents is 1. The number of carbonyl (C=O) groups is 2. The molecule has 1 N–H and O–H groups in total. The van der Waals surface area contributed by atoms with E-state index in [0.29, 0.717) is 16.3 Å². The second-order valence-corrected chi connectivity index (χ2v) is 7.99. The van der Waals surface area contributed by atoms with Crippen molar-refractivity contribution in [3.63, 3.8) is 0 Å². The average molecular weight is 491 g/mol. The van der Waals surface area contributed by atoms with Gasteiger partial charge in [0.15, 0.2) is 0 Å². The standard InChI is InChI=1S/C25H19ClN4O5/c1-15-23(26)16(2)29(28-15)20-11-7-19(8-12-20)27-24(31)17-5-13-22(14-6-17)35-25(32)18-3-9-21(10-4-18)30(33)34/h3-14H,1-2H3,(H,27,31). The van der Waals surface area contributed by atoms with Crippen molar-refractivity contribution >= 4 is 34.9 Å². The second kappa shape index (κ2) is 9.78. The number of nitro groups is 1. The van der Waals surface area contributed by atoms with Crippen molar-refractivity contribution in [2.75, 3.05) is 5.32 Å². The van der Waals surface area contributed by atoms with Gasteiger partial charge in [0.2, 0.25) is 0 Å². The van der Waals surface area contributed by atoms with Crippen LogP contribution in [-0.2, 0) is 0 Å². The van der Waals surface area contributed by atoms with E-state index >= 15 is 0 Å². The lowest BCUT2D eigenvalue weighted by molar-refractivity contribution is -0.384. The van der Waals surface area contributed by atoms with Crippen LogP contribution in [0.25, 0.3) is 5.69 Å². The van der Waals surface area contributed by atoms with Crippen molar-refractivity contribution in [1.29, 1.82) is 0 Å². The largest absolute Gasteiger partial charge is 0.423 e. The number of halogens is 1. The Kier molecular flexibility index (Phi) is 6.61. The topological polar surface area (TPSA) is 116 Å². The van der Waals surface area contributed by atoms with Gasteiger partial charge in [-0.05, 0) is 74.5 Å². The molecule has 0 aliphatic rings. The van der Waals surface area contributed by atoms with Crippen LogP contribution in [0.5, 0.6) is 5.75 Å². The number of esters is 1. The highest BCUT2D eigenvalue weighted by Gasteiger charge is 2.14. The van der Waals surface area contributed by atoms with E-state index in [9.17, 15) is 19.7 Å². The third-order valence-electron chi connectivity index (χ3n) is 5.21. The SMILES string of the molecule is Cc1nn(-c2ccc(NC(=O)c3ccc(OC(=O)c4ccc([N+](=O)[O-])cc4)cc3)cc2)c(C)c1Cl. The molecule has 10 heteroatoms. The Labute approximate surface area is 205 Å². The summed E-state index contributed by atoms with van der Waals surface area (Å²) < 4.78 is 7.01. The van der Waals surface area contributed by atoms with Gasteiger partial charge in [0.1, 0.15) is 5.75 Å². The first-order valence-electron chi connectivity index (χ1n) is 10.4. The van der Waals surface area contributed by atoms with E-state index in [2.05, 4.69) is 10.4 Å². The fourth-order valence-electron chi connectivity index (χ4n) is 3.32. The molecule has 1 aromatic heterocycles. The van der Waals surface area contributed by atoms with Crippen molar-refractivity contribution in [2.24, 2.45) is 0 Å². The molecule has 4 aromatic rings. The number of hydrogen-bond donors (Lipinski definition) is 1. The molecule has 0 fully saturated rings. The number of carbonyl (C=O) groups excluding carboxylic acids is 2. The molecule has 0 bridgehead atoms. The molecule has 1 heterocycles. The van der Waals surface area contributed by atoms with Gasteiger partial charge in [-0.3, -0.25) is 14.9 Å². The van der Waals surface area contributed by atoms with Crippen molar-refractivity contribution in [1.82, 2.24) is 9.78 Å². The predicted molar refractivity (Wildman–Crippen MR) is 130 cm³/mol. The highest BCUT2D eigenvalue weighted by Crippen LogP contribution is 2.23. The first-order valence-corrected chi connectivity index (χ1v) is 10.8. The normalized spacial score (nSPS) is 10.6. The summed E-state index contributed by atoms with van der Waals surface area (Å²) in [5, 5.41) is 18.6. The summed E-state index contributed by atoms with van der Waals surface area (Å²) in [5.74, 6) is -0.765. The van der Waals surface area contributed by atoms with Crippen molar-refractivity contribution < 1.29 is 19.2 Å². The number of rotatable bonds is 6. The third-order valence-corrected chi connectivity index (χ3v) is 5.76. The fraction of sp³-hybridized carbons (Fsp3) is 0.0800. The minimum atomic E-state index is -0.666. The number of nitro benzene ring substituents is 1. The van der Waals surface area contributed by atoms with Crippen LogP contribution in [-0.4, -0.2) is 26.6 Å². The molecule has 0 radical (unpaired) electrons. The molecule has 35 heavy (non-hydrogen) atoms. The molecule has 1 amide bonds. The summed E-state index contributed by atoms with van der Waals surface area (Å²) in [6, 6.07) is 18.3. The zero-order valence-corrected chi connectivity index (χ0v) is 19.4. The predicted octanol–water partition coefficient (Wildman–Crippen LogP) is 5.52. The van der Waals surface area contributed by atoms with Crippen LogP contribution in [0, 0.1) is 24.0 Å². The summed E-state index contributed by atoms with van der Waals surface area (Å²) in [4.78, 5) is 35.0. The maximum atomic E-state index is 12.6. The monoisotopic (exact) mass is 490 g/mol. The van der Waals surface area contributed by atoms with Crippen molar-refractivity contribution in [2.45, 2.75) is 13.8 Å². The molecule has 0 saturated carbocycles. The Bertz CT molecular complexity index is 1410. The number of benzene rings is 3. The molecule has 0 saturated heterocycles. The van der Waals surface area contributed by atoms with Crippen LogP contribution in [0.4, 0.5) is 11.4 Å². The van der Waals surface area contributed by atoms with E-state index in [0.717, 1.165) is 17.1 Å². The molecule has 4 rings (SSSR count). The highest BCUT2D eigenvalue weighted by molar-refractivity contribution is 6.31. The van der Waals surface area contributed by atoms with Gasteiger partial charge in [-0.25, -0.2) is 9.48 Å². The van der Waals surface area contributed by atoms with Crippen molar-refractivity contribution in [3.05, 3.63) is 110 Å². The van der Waals surface area contributed by atoms with Gasteiger partial charge in [-0.2, -0.15) is 5.10 Å². The molecule has 0 spiro atoms. The molecular formula is C25H19ClN4O5. The number of aromatic nitrogens is 2. The van der Waals surface area contributed by atoms with Crippen LogP contribution in [0.3, 0.4) is 0 Å². The number of hydrogen-bond acceptors (Lipinski definition) is 6. The number of aryl methyl sites for hydroxylation is 1. The van der Waals surface area contributed by atoms with Gasteiger partial charge in [0.05, 0.1) is 32.6 Å². The van der Waals surface area contributed by atoms with Crippen LogP contribution in [0.1, 0.15) is 32.1 Å². The van der Waals surface area contributed by atoms with Gasteiger partial charge in [0.25, 0.3) is 11.6 Å². The Morgan fingerprint density at radius 3 is 2.09 bits per heavy atom. The second-order valence-electron chi connectivity index (χ2n) is 7.62. The van der Waals surface area contributed by atoms with E-state index in [4.69, 9.17) is 16.3 Å². The maximum Gasteiger partial charge on any atom is 0.343 e. The van der Waals surface area contributed by atoms with Gasteiger partial charge < -0.3 is 10.1 Å². The summed E-state index contributed by atoms with van der Waals surface area (Å²) in [7, 11) is 0. The van der Waals surface area contributed by atoms with E-state index in [1.807, 2.05) is 26.0 Å². The molecule has 3 aromatic carbocycles. The molecular weight excluding hydrogens is 472 g/mol. The van der Waals surface area contributed by atoms with E-state index < -0.39 is 10.9 Å². The Morgan fingerprint density at radius 2 is 1.54 bits per heavy atom. The average Bonchev–Trinajstić information content (AvgIpc) is 3.12. The van der Waals surface area contributed by atoms with E-state index in [1.54, 1.807) is 16.8 Å². The number of anilines is 1. The maximum absolute atomic E-state index is 12.6. The molecule has 0 atom stereocenters. The van der Waals surface area contributed by atoms with E-state index in [1.165, 1.54) is 48.5 Å². The zero-order chi connectivity index (χ0) is 25.1. The summed E-state index contributed by atoms with van der Waals surface area (Å²) >= 11 is 6.21. The minimum absolute atomic E-state index is 0.123. The van der Waals surface area contributed by atoms with Gasteiger partial charge >= 0.3 is 5.97 Å². The lowest BCUT2D eigenvalue weighted by Crippen LogP contribution is -2.12. The first-order chi connectivity index (χ1) is 16.7.